The molecule has 92 valence electrons. The predicted molar refractivity (Wildman–Crippen MR) is 61.7 cm³/mol. The first kappa shape index (κ1) is 13.0. The molecule has 0 bridgehead atoms. The van der Waals surface area contributed by atoms with Crippen molar-refractivity contribution in [2.24, 2.45) is 11.7 Å². The Bertz CT molecular complexity index is 266. The molecule has 0 aromatic carbocycles. The molecule has 1 atom stereocenters. The monoisotopic (exact) mass is 227 g/mol. The number of primary amides is 1. The van der Waals surface area contributed by atoms with Crippen LogP contribution in [-0.2, 0) is 9.59 Å². The fourth-order valence-corrected chi connectivity index (χ4v) is 2.11. The van der Waals surface area contributed by atoms with Gasteiger partial charge in [-0.2, -0.15) is 0 Å². The van der Waals surface area contributed by atoms with Gasteiger partial charge in [-0.25, -0.2) is 0 Å². The van der Waals surface area contributed by atoms with Gasteiger partial charge in [-0.05, 0) is 32.9 Å². The van der Waals surface area contributed by atoms with Crippen molar-refractivity contribution in [3.8, 4) is 0 Å². The van der Waals surface area contributed by atoms with Gasteiger partial charge in [0.2, 0.25) is 11.8 Å². The molecule has 2 N–H and O–H groups in total. The Morgan fingerprint density at radius 2 is 2.12 bits per heavy atom. The summed E-state index contributed by atoms with van der Waals surface area (Å²) < 4.78 is 0. The van der Waals surface area contributed by atoms with E-state index in [0.717, 1.165) is 19.4 Å². The third kappa shape index (κ3) is 4.18. The zero-order valence-corrected chi connectivity index (χ0v) is 10.1. The minimum atomic E-state index is -0.271. The van der Waals surface area contributed by atoms with Crippen LogP contribution in [0.2, 0.25) is 0 Å². The number of piperidine rings is 1. The Morgan fingerprint density at radius 3 is 2.69 bits per heavy atom. The molecule has 1 fully saturated rings. The summed E-state index contributed by atoms with van der Waals surface area (Å²) in [5.74, 6) is 0.114. The first-order valence-corrected chi connectivity index (χ1v) is 5.70. The molecule has 0 aromatic rings. The van der Waals surface area contributed by atoms with Crippen LogP contribution in [-0.4, -0.2) is 55.3 Å². The van der Waals surface area contributed by atoms with Crippen molar-refractivity contribution in [3.63, 3.8) is 0 Å². The van der Waals surface area contributed by atoms with Crippen LogP contribution in [0.25, 0.3) is 0 Å². The maximum absolute atomic E-state index is 11.8. The number of nitrogens with two attached hydrogens (primary N) is 1. The summed E-state index contributed by atoms with van der Waals surface area (Å²) >= 11 is 0. The van der Waals surface area contributed by atoms with Gasteiger partial charge in [-0.1, -0.05) is 0 Å². The molecule has 16 heavy (non-hydrogen) atoms. The van der Waals surface area contributed by atoms with Crippen molar-refractivity contribution < 1.29 is 9.59 Å². The Morgan fingerprint density at radius 1 is 1.44 bits per heavy atom. The van der Waals surface area contributed by atoms with E-state index in [4.69, 9.17) is 5.73 Å². The molecule has 0 aliphatic carbocycles. The maximum atomic E-state index is 11.8. The van der Waals surface area contributed by atoms with Crippen molar-refractivity contribution >= 4 is 11.8 Å². The summed E-state index contributed by atoms with van der Waals surface area (Å²) in [5, 5.41) is 0. The van der Waals surface area contributed by atoms with Crippen LogP contribution in [0.15, 0.2) is 0 Å². The van der Waals surface area contributed by atoms with Crippen LogP contribution in [0, 0.1) is 5.92 Å². The Balaban J connectivity index is 2.43. The van der Waals surface area contributed by atoms with Gasteiger partial charge in [0.15, 0.2) is 0 Å². The lowest BCUT2D eigenvalue weighted by Crippen LogP contribution is -2.44. The van der Waals surface area contributed by atoms with Crippen LogP contribution in [0.1, 0.15) is 19.3 Å². The molecule has 2 amide bonds. The zero-order chi connectivity index (χ0) is 12.1. The Hall–Kier alpha value is -1.10. The maximum Gasteiger partial charge on any atom is 0.236 e. The summed E-state index contributed by atoms with van der Waals surface area (Å²) in [6.45, 7) is 1.92. The topological polar surface area (TPSA) is 66.6 Å². The van der Waals surface area contributed by atoms with Crippen molar-refractivity contribution in [3.05, 3.63) is 0 Å². The van der Waals surface area contributed by atoms with Gasteiger partial charge >= 0.3 is 0 Å². The van der Waals surface area contributed by atoms with Crippen molar-refractivity contribution in [2.45, 2.75) is 19.3 Å². The minimum Gasteiger partial charge on any atom is -0.370 e. The number of carbonyl (C=O) groups excluding carboxylic acids is 2. The molecule has 1 unspecified atom stereocenters. The summed E-state index contributed by atoms with van der Waals surface area (Å²) in [6, 6.07) is 0. The normalized spacial score (nSPS) is 21.2. The summed E-state index contributed by atoms with van der Waals surface area (Å²) in [4.78, 5) is 26.3. The number of likely N-dealkylation sites (tertiary alicyclic amines) is 1. The highest BCUT2D eigenvalue weighted by Gasteiger charge is 2.24. The number of nitrogens with zero attached hydrogens (tertiary/aromatic N) is 2. The lowest BCUT2D eigenvalue weighted by Gasteiger charge is -2.33. The average Bonchev–Trinajstić information content (AvgIpc) is 2.16. The molecule has 1 saturated heterocycles. The first-order valence-electron chi connectivity index (χ1n) is 5.70. The van der Waals surface area contributed by atoms with Gasteiger partial charge in [0.1, 0.15) is 0 Å². The molecular weight excluding hydrogens is 206 g/mol. The SMILES string of the molecule is CN(C)CC(=O)N1CCCC(CC(N)=O)C1. The first-order chi connectivity index (χ1) is 7.49. The second-order valence-electron chi connectivity index (χ2n) is 4.76. The molecule has 1 aliphatic heterocycles. The molecule has 0 aromatic heterocycles. The summed E-state index contributed by atoms with van der Waals surface area (Å²) in [7, 11) is 3.76. The number of amides is 2. The van der Waals surface area contributed by atoms with Gasteiger partial charge in [0.05, 0.1) is 6.54 Å². The smallest absolute Gasteiger partial charge is 0.236 e. The number of rotatable bonds is 4. The van der Waals surface area contributed by atoms with Gasteiger partial charge in [0.25, 0.3) is 0 Å². The largest absolute Gasteiger partial charge is 0.370 e. The van der Waals surface area contributed by atoms with Gasteiger partial charge < -0.3 is 15.5 Å². The molecule has 1 rings (SSSR count). The fraction of sp³-hybridized carbons (Fsp3) is 0.818. The standard InChI is InChI=1S/C11H21N3O2/c1-13(2)8-11(16)14-5-3-4-9(7-14)6-10(12)15/h9H,3-8H2,1-2H3,(H2,12,15). The predicted octanol–water partition coefficient (Wildman–Crippen LogP) is -0.338. The van der Waals surface area contributed by atoms with Gasteiger partial charge in [-0.15, -0.1) is 0 Å². The number of hydrogen-bond donors (Lipinski definition) is 1. The highest BCUT2D eigenvalue weighted by atomic mass is 16.2. The highest BCUT2D eigenvalue weighted by Crippen LogP contribution is 2.19. The Kier molecular flexibility index (Phi) is 4.73. The van der Waals surface area contributed by atoms with Crippen molar-refractivity contribution in [1.82, 2.24) is 9.80 Å². The molecule has 5 nitrogen and oxygen atoms in total. The Labute approximate surface area is 96.6 Å². The average molecular weight is 227 g/mol. The van der Waals surface area contributed by atoms with Crippen LogP contribution in [0.3, 0.4) is 0 Å². The molecule has 0 spiro atoms. The summed E-state index contributed by atoms with van der Waals surface area (Å²) in [6.07, 6.45) is 2.36. The minimum absolute atomic E-state index is 0.138. The van der Waals surface area contributed by atoms with Gasteiger partial charge in [0, 0.05) is 19.5 Å². The molecule has 0 saturated carbocycles. The quantitative estimate of drug-likeness (QED) is 0.714. The second-order valence-corrected chi connectivity index (χ2v) is 4.76. The highest BCUT2D eigenvalue weighted by molar-refractivity contribution is 5.78. The second kappa shape index (κ2) is 5.84. The van der Waals surface area contributed by atoms with E-state index in [1.54, 1.807) is 0 Å². The van der Waals surface area contributed by atoms with E-state index in [1.807, 2.05) is 23.9 Å². The molecule has 5 heteroatoms. The lowest BCUT2D eigenvalue weighted by molar-refractivity contribution is -0.134. The third-order valence-electron chi connectivity index (χ3n) is 2.81. The molecule has 1 aliphatic rings. The summed E-state index contributed by atoms with van der Waals surface area (Å²) in [5.41, 5.74) is 5.17. The van der Waals surface area contributed by atoms with Crippen LogP contribution >= 0.6 is 0 Å². The number of likely N-dealkylation sites (N-methyl/N-ethyl adjacent to an activating group) is 1. The number of carbonyl (C=O) groups is 2. The van der Waals surface area contributed by atoms with Crippen LogP contribution in [0.5, 0.6) is 0 Å². The van der Waals surface area contributed by atoms with E-state index in [-0.39, 0.29) is 17.7 Å². The van der Waals surface area contributed by atoms with E-state index in [0.29, 0.717) is 19.5 Å². The van der Waals surface area contributed by atoms with Crippen molar-refractivity contribution in [1.29, 1.82) is 0 Å². The van der Waals surface area contributed by atoms with Gasteiger partial charge in [-0.3, -0.25) is 9.59 Å². The zero-order valence-electron chi connectivity index (χ0n) is 10.1. The van der Waals surface area contributed by atoms with Crippen molar-refractivity contribution in [2.75, 3.05) is 33.7 Å². The van der Waals surface area contributed by atoms with E-state index < -0.39 is 0 Å². The van der Waals surface area contributed by atoms with E-state index in [9.17, 15) is 9.59 Å². The molecule has 0 radical (unpaired) electrons. The van der Waals surface area contributed by atoms with E-state index in [2.05, 4.69) is 0 Å². The number of hydrogen-bond acceptors (Lipinski definition) is 3. The fourth-order valence-electron chi connectivity index (χ4n) is 2.11. The van der Waals surface area contributed by atoms with Crippen LogP contribution < -0.4 is 5.73 Å². The van der Waals surface area contributed by atoms with Crippen LogP contribution in [0.4, 0.5) is 0 Å². The molecular formula is C11H21N3O2. The lowest BCUT2D eigenvalue weighted by atomic mass is 9.94. The van der Waals surface area contributed by atoms with E-state index in [1.165, 1.54) is 0 Å². The van der Waals surface area contributed by atoms with E-state index >= 15 is 0 Å². The third-order valence-corrected chi connectivity index (χ3v) is 2.81. The molecule has 1 heterocycles.